The Morgan fingerprint density at radius 2 is 1.96 bits per heavy atom. The van der Waals surface area contributed by atoms with Crippen LogP contribution >= 0.6 is 0 Å². The van der Waals surface area contributed by atoms with Gasteiger partial charge in [0.05, 0.1) is 5.69 Å². The molecule has 2 aliphatic rings. The van der Waals surface area contributed by atoms with Gasteiger partial charge in [0.1, 0.15) is 5.71 Å². The largest absolute Gasteiger partial charge is 0.338 e. The number of aryl methyl sites for hydroxylation is 2. The first kappa shape index (κ1) is 16.7. The Bertz CT molecular complexity index is 671. The molecule has 0 spiro atoms. The zero-order chi connectivity index (χ0) is 17.3. The fourth-order valence-corrected chi connectivity index (χ4v) is 3.43. The second kappa shape index (κ2) is 6.75. The van der Waals surface area contributed by atoms with E-state index in [0.717, 1.165) is 38.2 Å². The van der Waals surface area contributed by atoms with Crippen LogP contribution in [0.25, 0.3) is 0 Å². The van der Waals surface area contributed by atoms with E-state index in [4.69, 9.17) is 0 Å². The fraction of sp³-hybridized carbons (Fsp3) is 0.647. The number of hydrazone groups is 1. The summed E-state index contributed by atoms with van der Waals surface area (Å²) < 4.78 is 2.07. The molecule has 0 N–H and O–H groups in total. The van der Waals surface area contributed by atoms with Crippen LogP contribution in [0.15, 0.2) is 11.2 Å². The van der Waals surface area contributed by atoms with Gasteiger partial charge in [-0.25, -0.2) is 5.01 Å². The van der Waals surface area contributed by atoms with E-state index in [0.29, 0.717) is 24.5 Å². The number of piperidine rings is 1. The van der Waals surface area contributed by atoms with Crippen molar-refractivity contribution in [3.63, 3.8) is 0 Å². The molecule has 1 aromatic rings. The zero-order valence-electron chi connectivity index (χ0n) is 14.7. The molecule has 0 unspecified atom stereocenters. The maximum absolute atomic E-state index is 12.6. The van der Waals surface area contributed by atoms with Crippen molar-refractivity contribution >= 4 is 17.5 Å². The van der Waals surface area contributed by atoms with E-state index in [1.807, 2.05) is 11.8 Å². The lowest BCUT2D eigenvalue weighted by Crippen LogP contribution is -2.44. The third-order valence-corrected chi connectivity index (χ3v) is 4.89. The quantitative estimate of drug-likeness (QED) is 0.839. The first-order valence-corrected chi connectivity index (χ1v) is 8.58. The first-order chi connectivity index (χ1) is 11.4. The summed E-state index contributed by atoms with van der Waals surface area (Å²) in [5.74, 6) is 0.499. The molecule has 0 saturated carbocycles. The number of carbonyl (C=O) groups is 2. The maximum Gasteiger partial charge on any atom is 0.270 e. The van der Waals surface area contributed by atoms with Crippen LogP contribution in [0, 0.1) is 19.8 Å². The molecule has 2 amide bonds. The van der Waals surface area contributed by atoms with E-state index in [1.54, 1.807) is 7.05 Å². The van der Waals surface area contributed by atoms with Crippen LogP contribution in [-0.2, 0) is 16.1 Å². The number of aromatic nitrogens is 2. The second-order valence-corrected chi connectivity index (χ2v) is 6.81. The molecule has 1 saturated heterocycles. The Morgan fingerprint density at radius 1 is 1.25 bits per heavy atom. The number of carbonyl (C=O) groups excluding carboxylic acids is 2. The van der Waals surface area contributed by atoms with Crippen molar-refractivity contribution in [2.45, 2.75) is 46.1 Å². The van der Waals surface area contributed by atoms with Crippen molar-refractivity contribution in [1.82, 2.24) is 19.7 Å². The van der Waals surface area contributed by atoms with Gasteiger partial charge in [0.25, 0.3) is 5.91 Å². The molecule has 0 atom stereocenters. The van der Waals surface area contributed by atoms with Gasteiger partial charge in [-0.05, 0) is 38.7 Å². The van der Waals surface area contributed by atoms with Gasteiger partial charge in [-0.3, -0.25) is 14.3 Å². The second-order valence-electron chi connectivity index (χ2n) is 6.81. The molecule has 0 radical (unpaired) electrons. The Hall–Kier alpha value is -2.18. The lowest BCUT2D eigenvalue weighted by Gasteiger charge is -2.33. The summed E-state index contributed by atoms with van der Waals surface area (Å²) in [6.07, 6.45) is 2.78. The third-order valence-electron chi connectivity index (χ3n) is 4.89. The van der Waals surface area contributed by atoms with Gasteiger partial charge in [-0.15, -0.1) is 0 Å². The summed E-state index contributed by atoms with van der Waals surface area (Å²) in [5, 5.41) is 9.95. The molecule has 3 heterocycles. The van der Waals surface area contributed by atoms with E-state index < -0.39 is 0 Å². The summed E-state index contributed by atoms with van der Waals surface area (Å²) in [5.41, 5.74) is 2.75. The number of hydrogen-bond donors (Lipinski definition) is 0. The highest BCUT2D eigenvalue weighted by Gasteiger charge is 2.29. The van der Waals surface area contributed by atoms with Gasteiger partial charge in [-0.1, -0.05) is 0 Å². The minimum atomic E-state index is -0.0323. The monoisotopic (exact) mass is 331 g/mol. The molecule has 130 valence electrons. The van der Waals surface area contributed by atoms with Crippen LogP contribution in [0.4, 0.5) is 0 Å². The van der Waals surface area contributed by atoms with Gasteiger partial charge in [0.2, 0.25) is 5.91 Å². The predicted octanol–water partition coefficient (Wildman–Crippen LogP) is 1.35. The number of hydrogen-bond acceptors (Lipinski definition) is 4. The smallest absolute Gasteiger partial charge is 0.270 e. The van der Waals surface area contributed by atoms with Crippen molar-refractivity contribution in [3.05, 3.63) is 17.5 Å². The van der Waals surface area contributed by atoms with Crippen LogP contribution in [0.3, 0.4) is 0 Å². The van der Waals surface area contributed by atoms with Crippen LogP contribution < -0.4 is 0 Å². The van der Waals surface area contributed by atoms with Gasteiger partial charge in [0, 0.05) is 45.2 Å². The van der Waals surface area contributed by atoms with Crippen molar-refractivity contribution in [2.24, 2.45) is 11.0 Å². The van der Waals surface area contributed by atoms with Gasteiger partial charge < -0.3 is 4.90 Å². The molecule has 24 heavy (non-hydrogen) atoms. The van der Waals surface area contributed by atoms with Crippen molar-refractivity contribution in [1.29, 1.82) is 0 Å². The fourth-order valence-electron chi connectivity index (χ4n) is 3.43. The van der Waals surface area contributed by atoms with Gasteiger partial charge in [0.15, 0.2) is 0 Å². The Kier molecular flexibility index (Phi) is 4.69. The lowest BCUT2D eigenvalue weighted by molar-refractivity contribution is -0.130. The molecule has 0 aromatic carbocycles. The summed E-state index contributed by atoms with van der Waals surface area (Å²) in [6, 6.07) is 2.09. The summed E-state index contributed by atoms with van der Waals surface area (Å²) in [7, 11) is 1.61. The number of rotatable bonds is 3. The van der Waals surface area contributed by atoms with Crippen LogP contribution in [-0.4, -0.2) is 57.4 Å². The predicted molar refractivity (Wildman–Crippen MR) is 90.4 cm³/mol. The van der Waals surface area contributed by atoms with Gasteiger partial charge >= 0.3 is 0 Å². The van der Waals surface area contributed by atoms with Gasteiger partial charge in [-0.2, -0.15) is 10.2 Å². The Morgan fingerprint density at radius 3 is 2.54 bits per heavy atom. The van der Waals surface area contributed by atoms with E-state index in [1.165, 1.54) is 10.7 Å². The van der Waals surface area contributed by atoms with E-state index in [-0.39, 0.29) is 11.8 Å². The molecule has 0 aliphatic carbocycles. The Labute approximate surface area is 142 Å². The minimum Gasteiger partial charge on any atom is -0.338 e. The van der Waals surface area contributed by atoms with Crippen molar-refractivity contribution in [2.75, 3.05) is 20.1 Å². The lowest BCUT2D eigenvalue weighted by atomic mass is 9.96. The number of nitrogens with zero attached hydrogens (tertiary/aromatic N) is 5. The normalized spacial score (nSPS) is 19.6. The van der Waals surface area contributed by atoms with Crippen LogP contribution in [0.5, 0.6) is 0 Å². The maximum atomic E-state index is 12.6. The van der Waals surface area contributed by atoms with E-state index in [9.17, 15) is 9.59 Å². The molecule has 3 rings (SSSR count). The summed E-state index contributed by atoms with van der Waals surface area (Å²) in [6.45, 7) is 6.51. The van der Waals surface area contributed by atoms with Crippen LogP contribution in [0.1, 0.15) is 37.1 Å². The topological polar surface area (TPSA) is 70.8 Å². The van der Waals surface area contributed by atoms with Crippen molar-refractivity contribution < 1.29 is 9.59 Å². The highest BCUT2D eigenvalue weighted by atomic mass is 16.2. The summed E-state index contributed by atoms with van der Waals surface area (Å²) >= 11 is 0. The third kappa shape index (κ3) is 3.49. The standard InChI is InChI=1S/C17H25N5O2/c1-12-10-13(2)22(18-12)11-14-6-8-21(9-7-14)17(24)15-4-5-16(23)20(3)19-15/h10,14H,4-9,11H2,1-3H3. The highest BCUT2D eigenvalue weighted by Crippen LogP contribution is 2.21. The van der Waals surface area contributed by atoms with E-state index >= 15 is 0 Å². The average Bonchev–Trinajstić information content (AvgIpc) is 2.87. The van der Waals surface area contributed by atoms with E-state index in [2.05, 4.69) is 27.9 Å². The Balaban J connectivity index is 1.55. The molecule has 1 aromatic heterocycles. The van der Waals surface area contributed by atoms with Crippen LogP contribution in [0.2, 0.25) is 0 Å². The molecule has 7 heteroatoms. The van der Waals surface area contributed by atoms with Crippen molar-refractivity contribution in [3.8, 4) is 0 Å². The summed E-state index contributed by atoms with van der Waals surface area (Å²) in [4.78, 5) is 25.9. The molecular weight excluding hydrogens is 306 g/mol. The number of amides is 2. The average molecular weight is 331 g/mol. The SMILES string of the molecule is Cc1cc(C)n(CC2CCN(C(=O)C3=NN(C)C(=O)CC3)CC2)n1. The molecule has 2 aliphatic heterocycles. The first-order valence-electron chi connectivity index (χ1n) is 8.58. The molecular formula is C17H25N5O2. The zero-order valence-corrected chi connectivity index (χ0v) is 14.7. The molecule has 0 bridgehead atoms. The molecule has 1 fully saturated rings. The number of likely N-dealkylation sites (tertiary alicyclic amines) is 1. The minimum absolute atomic E-state index is 0.0149. The molecule has 7 nitrogen and oxygen atoms in total. The highest BCUT2D eigenvalue weighted by molar-refractivity contribution is 6.39.